The van der Waals surface area contributed by atoms with E-state index in [0.717, 1.165) is 6.42 Å². The average molecular weight is 133 g/mol. The molecule has 1 unspecified atom stereocenters. The Balaban J connectivity index is 3.32. The van der Waals surface area contributed by atoms with Crippen LogP contribution in [0.25, 0.3) is 0 Å². The van der Waals surface area contributed by atoms with Crippen molar-refractivity contribution < 1.29 is 15.3 Å². The highest BCUT2D eigenvalue weighted by molar-refractivity contribution is 4.83. The topological polar surface area (TPSA) is 60.7 Å². The first kappa shape index (κ1) is 8.88. The summed E-state index contributed by atoms with van der Waals surface area (Å²) in [6.45, 7) is 1.49. The summed E-state index contributed by atoms with van der Waals surface area (Å²) in [7, 11) is 0. The monoisotopic (exact) mass is 133 g/mol. The van der Waals surface area contributed by atoms with E-state index in [-0.39, 0.29) is 6.10 Å². The van der Waals surface area contributed by atoms with Crippen molar-refractivity contribution in [1.82, 2.24) is 0 Å². The lowest BCUT2D eigenvalue weighted by atomic mass is 10.1. The van der Waals surface area contributed by atoms with E-state index in [4.69, 9.17) is 15.3 Å². The van der Waals surface area contributed by atoms with Gasteiger partial charge in [-0.15, -0.1) is 0 Å². The van der Waals surface area contributed by atoms with Crippen molar-refractivity contribution in [2.24, 2.45) is 0 Å². The van der Waals surface area contributed by atoms with E-state index in [1.54, 1.807) is 0 Å². The molecule has 55 valence electrons. The Morgan fingerprint density at radius 1 is 1.56 bits per heavy atom. The van der Waals surface area contributed by atoms with Crippen molar-refractivity contribution in [3.63, 3.8) is 0 Å². The molecule has 0 aromatic heterocycles. The first-order valence-electron chi connectivity index (χ1n) is 3.06. The summed E-state index contributed by atoms with van der Waals surface area (Å²) in [5.74, 6) is 0. The normalized spacial score (nSPS) is 14.3. The maximum absolute atomic E-state index is 8.82. The van der Waals surface area contributed by atoms with Gasteiger partial charge in [0.2, 0.25) is 0 Å². The van der Waals surface area contributed by atoms with Crippen LogP contribution in [-0.4, -0.2) is 28.0 Å². The van der Waals surface area contributed by atoms with Gasteiger partial charge in [0.05, 0.1) is 6.61 Å². The Bertz CT molecular complexity index is 65.3. The molecule has 1 radical (unpaired) electrons. The molecule has 0 saturated heterocycles. The smallest absolute Gasteiger partial charge is 0.124 e. The van der Waals surface area contributed by atoms with Crippen LogP contribution in [0.5, 0.6) is 0 Å². The second-order valence-corrected chi connectivity index (χ2v) is 1.94. The van der Waals surface area contributed by atoms with E-state index in [2.05, 4.69) is 0 Å². The molecule has 0 aliphatic heterocycles. The highest BCUT2D eigenvalue weighted by atomic mass is 16.4. The Hall–Kier alpha value is -0.120. The Kier molecular flexibility index (Phi) is 4.67. The first-order valence-corrected chi connectivity index (χ1v) is 3.06. The number of hydrogen-bond acceptors (Lipinski definition) is 3. The summed E-state index contributed by atoms with van der Waals surface area (Å²) in [6, 6.07) is 0. The quantitative estimate of drug-likeness (QED) is 0.507. The van der Waals surface area contributed by atoms with Crippen LogP contribution in [0.1, 0.15) is 19.8 Å². The molecule has 0 spiro atoms. The molecule has 0 rings (SSSR count). The van der Waals surface area contributed by atoms with Crippen molar-refractivity contribution in [2.45, 2.75) is 25.9 Å². The van der Waals surface area contributed by atoms with E-state index in [0.29, 0.717) is 6.42 Å². The minimum Gasteiger partial charge on any atom is -0.394 e. The highest BCUT2D eigenvalue weighted by Crippen LogP contribution is 2.08. The number of hydrogen-bond donors (Lipinski definition) is 3. The average Bonchev–Trinajstić information content (AvgIpc) is 1.87. The van der Waals surface area contributed by atoms with Gasteiger partial charge in [-0.05, 0) is 6.42 Å². The largest absolute Gasteiger partial charge is 0.394 e. The third-order valence-corrected chi connectivity index (χ3v) is 1.06. The van der Waals surface area contributed by atoms with E-state index in [1.807, 2.05) is 6.92 Å². The van der Waals surface area contributed by atoms with Crippen LogP contribution >= 0.6 is 0 Å². The summed E-state index contributed by atoms with van der Waals surface area (Å²) >= 11 is 0. The summed E-state index contributed by atoms with van der Waals surface area (Å²) in [6.07, 6.45) is 0.162. The van der Waals surface area contributed by atoms with Gasteiger partial charge in [0.25, 0.3) is 0 Å². The molecule has 0 aromatic rings. The van der Waals surface area contributed by atoms with Gasteiger partial charge in [0.1, 0.15) is 12.2 Å². The molecule has 0 aliphatic carbocycles. The SMILES string of the molecule is CCC[C](O)C(O)CO. The van der Waals surface area contributed by atoms with Gasteiger partial charge in [0, 0.05) is 0 Å². The molecule has 0 bridgehead atoms. The van der Waals surface area contributed by atoms with Crippen molar-refractivity contribution >= 4 is 0 Å². The predicted octanol–water partition coefficient (Wildman–Crippen LogP) is 0.0442. The van der Waals surface area contributed by atoms with Gasteiger partial charge in [-0.1, -0.05) is 13.3 Å². The Morgan fingerprint density at radius 2 is 2.11 bits per heavy atom. The van der Waals surface area contributed by atoms with Gasteiger partial charge < -0.3 is 15.3 Å². The lowest BCUT2D eigenvalue weighted by Crippen LogP contribution is -2.21. The summed E-state index contributed by atoms with van der Waals surface area (Å²) < 4.78 is 0. The zero-order valence-corrected chi connectivity index (χ0v) is 5.54. The molecular formula is C6H13O3. The van der Waals surface area contributed by atoms with E-state index in [9.17, 15) is 0 Å². The molecule has 0 aromatic carbocycles. The maximum Gasteiger partial charge on any atom is 0.124 e. The number of aliphatic hydroxyl groups excluding tert-OH is 3. The number of rotatable bonds is 4. The molecular weight excluding hydrogens is 120 g/mol. The van der Waals surface area contributed by atoms with E-state index >= 15 is 0 Å². The summed E-state index contributed by atoms with van der Waals surface area (Å²) in [5, 5.41) is 25.8. The van der Waals surface area contributed by atoms with Crippen molar-refractivity contribution in [2.75, 3.05) is 6.61 Å². The molecule has 0 aliphatic rings. The third-order valence-electron chi connectivity index (χ3n) is 1.06. The highest BCUT2D eigenvalue weighted by Gasteiger charge is 2.14. The molecule has 0 saturated carbocycles. The zero-order valence-electron chi connectivity index (χ0n) is 5.54. The molecule has 0 heterocycles. The molecule has 3 nitrogen and oxygen atoms in total. The van der Waals surface area contributed by atoms with Crippen LogP contribution in [0, 0.1) is 6.10 Å². The van der Waals surface area contributed by atoms with Crippen LogP contribution in [0.15, 0.2) is 0 Å². The van der Waals surface area contributed by atoms with Crippen molar-refractivity contribution in [3.8, 4) is 0 Å². The molecule has 0 amide bonds. The Labute approximate surface area is 54.9 Å². The van der Waals surface area contributed by atoms with Crippen LogP contribution in [0.3, 0.4) is 0 Å². The first-order chi connectivity index (χ1) is 4.22. The van der Waals surface area contributed by atoms with Crippen molar-refractivity contribution in [1.29, 1.82) is 0 Å². The standard InChI is InChI=1S/C6H13O3/c1-2-3-5(8)6(9)4-7/h6-9H,2-4H2,1H3. The molecule has 3 N–H and O–H groups in total. The van der Waals surface area contributed by atoms with Gasteiger partial charge >= 0.3 is 0 Å². The Morgan fingerprint density at radius 3 is 2.44 bits per heavy atom. The van der Waals surface area contributed by atoms with Gasteiger partial charge in [-0.2, -0.15) is 0 Å². The number of aliphatic hydroxyl groups is 3. The van der Waals surface area contributed by atoms with Gasteiger partial charge in [0.15, 0.2) is 0 Å². The van der Waals surface area contributed by atoms with Crippen LogP contribution < -0.4 is 0 Å². The maximum atomic E-state index is 8.82. The van der Waals surface area contributed by atoms with E-state index in [1.165, 1.54) is 0 Å². The predicted molar refractivity (Wildman–Crippen MR) is 33.2 cm³/mol. The fourth-order valence-electron chi connectivity index (χ4n) is 0.528. The fourth-order valence-corrected chi connectivity index (χ4v) is 0.528. The molecule has 3 heteroatoms. The fraction of sp³-hybridized carbons (Fsp3) is 0.833. The molecule has 0 fully saturated rings. The van der Waals surface area contributed by atoms with E-state index < -0.39 is 12.7 Å². The van der Waals surface area contributed by atoms with Crippen LogP contribution in [-0.2, 0) is 0 Å². The van der Waals surface area contributed by atoms with Crippen LogP contribution in [0.4, 0.5) is 0 Å². The minimum absolute atomic E-state index is 0.0278. The van der Waals surface area contributed by atoms with Gasteiger partial charge in [-0.25, -0.2) is 0 Å². The molecule has 9 heavy (non-hydrogen) atoms. The second-order valence-electron chi connectivity index (χ2n) is 1.94. The summed E-state index contributed by atoms with van der Waals surface area (Å²) in [4.78, 5) is 0. The lowest BCUT2D eigenvalue weighted by Gasteiger charge is -2.11. The summed E-state index contributed by atoms with van der Waals surface area (Å²) in [5.41, 5.74) is 0. The lowest BCUT2D eigenvalue weighted by molar-refractivity contribution is 0.0435. The zero-order chi connectivity index (χ0) is 7.28. The second kappa shape index (κ2) is 4.73. The van der Waals surface area contributed by atoms with Crippen molar-refractivity contribution in [3.05, 3.63) is 6.10 Å². The van der Waals surface area contributed by atoms with Crippen LogP contribution in [0.2, 0.25) is 0 Å². The molecule has 1 atom stereocenters. The van der Waals surface area contributed by atoms with Gasteiger partial charge in [-0.3, -0.25) is 0 Å². The third kappa shape index (κ3) is 3.46. The minimum atomic E-state index is -1.05.